The van der Waals surface area contributed by atoms with Gasteiger partial charge >= 0.3 is 0 Å². The van der Waals surface area contributed by atoms with E-state index in [1.807, 2.05) is 0 Å². The molecule has 0 aromatic rings. The van der Waals surface area contributed by atoms with Gasteiger partial charge in [0.15, 0.2) is 0 Å². The lowest BCUT2D eigenvalue weighted by molar-refractivity contribution is 0.184. The molecule has 0 bridgehead atoms. The van der Waals surface area contributed by atoms with Crippen LogP contribution in [-0.4, -0.2) is 16.3 Å². The molecule has 9 heavy (non-hydrogen) atoms. The van der Waals surface area contributed by atoms with E-state index in [1.54, 1.807) is 0 Å². The van der Waals surface area contributed by atoms with Crippen LogP contribution in [-0.2, 0) is 0 Å². The van der Waals surface area contributed by atoms with Crippen LogP contribution in [0, 0.1) is 6.08 Å². The molecule has 1 atom stereocenters. The molecule has 0 saturated carbocycles. The van der Waals surface area contributed by atoms with Crippen LogP contribution in [0.3, 0.4) is 0 Å². The van der Waals surface area contributed by atoms with Gasteiger partial charge in [-0.2, -0.15) is 0 Å². The highest BCUT2D eigenvalue weighted by Gasteiger charge is 2.13. The molecule has 0 spiro atoms. The average Bonchev–Trinajstić information content (AvgIpc) is 1.83. The molecule has 47 valence electrons. The number of rotatable bonds is 0. The van der Waals surface area contributed by atoms with Crippen molar-refractivity contribution in [3.05, 3.63) is 36.1 Å². The van der Waals surface area contributed by atoms with Crippen molar-refractivity contribution in [1.29, 1.82) is 0 Å². The summed E-state index contributed by atoms with van der Waals surface area (Å²) in [5.74, 6) is -0.0706. The van der Waals surface area contributed by atoms with Gasteiger partial charge in [0.2, 0.25) is 0 Å². The largest absolute Gasteiger partial charge is 0.509 e. The highest BCUT2D eigenvalue weighted by Crippen LogP contribution is 2.12. The quantitative estimate of drug-likeness (QED) is 0.498. The van der Waals surface area contributed by atoms with Crippen molar-refractivity contribution in [3.8, 4) is 0 Å². The first-order valence-electron chi connectivity index (χ1n) is 2.57. The summed E-state index contributed by atoms with van der Waals surface area (Å²) in [6.07, 6.45) is 4.61. The number of allylic oxidation sites excluding steroid dienone is 2. The van der Waals surface area contributed by atoms with Crippen molar-refractivity contribution >= 4 is 0 Å². The molecule has 0 aromatic heterocycles. The zero-order valence-corrected chi connectivity index (χ0v) is 4.83. The molecule has 2 N–H and O–H groups in total. The van der Waals surface area contributed by atoms with Crippen molar-refractivity contribution in [2.75, 3.05) is 0 Å². The maximum atomic E-state index is 8.95. The third-order valence-electron chi connectivity index (χ3n) is 1.13. The Hall–Kier alpha value is -1.02. The fourth-order valence-electron chi connectivity index (χ4n) is 0.583. The van der Waals surface area contributed by atoms with E-state index in [2.05, 4.69) is 12.7 Å². The van der Waals surface area contributed by atoms with Gasteiger partial charge in [0.1, 0.15) is 11.9 Å². The lowest BCUT2D eigenvalue weighted by Crippen LogP contribution is -2.13. The Balaban J connectivity index is 2.86. The van der Waals surface area contributed by atoms with Crippen molar-refractivity contribution in [2.24, 2.45) is 0 Å². The van der Waals surface area contributed by atoms with E-state index < -0.39 is 6.10 Å². The smallest absolute Gasteiger partial charge is 0.136 e. The molecular formula is C7H7O2. The van der Waals surface area contributed by atoms with E-state index >= 15 is 0 Å². The van der Waals surface area contributed by atoms with E-state index in [1.165, 1.54) is 12.2 Å². The Labute approximate surface area is 53.4 Å². The number of hydrogen-bond donors (Lipinski definition) is 2. The molecule has 1 radical (unpaired) electrons. The molecule has 0 amide bonds. The predicted molar refractivity (Wildman–Crippen MR) is 33.7 cm³/mol. The van der Waals surface area contributed by atoms with Gasteiger partial charge in [0.05, 0.1) is 0 Å². The first kappa shape index (κ1) is 6.11. The van der Waals surface area contributed by atoms with Gasteiger partial charge in [0.25, 0.3) is 0 Å². The van der Waals surface area contributed by atoms with Gasteiger partial charge in [-0.1, -0.05) is 12.7 Å². The van der Waals surface area contributed by atoms with Crippen LogP contribution in [0.4, 0.5) is 0 Å². The Morgan fingerprint density at radius 1 is 1.67 bits per heavy atom. The minimum atomic E-state index is -0.949. The molecule has 0 fully saturated rings. The first-order valence-corrected chi connectivity index (χ1v) is 2.57. The summed E-state index contributed by atoms with van der Waals surface area (Å²) < 4.78 is 0. The summed E-state index contributed by atoms with van der Waals surface area (Å²) in [4.78, 5) is 0. The number of aliphatic hydroxyl groups excluding tert-OH is 2. The van der Waals surface area contributed by atoms with Gasteiger partial charge in [0, 0.05) is 0 Å². The SMILES string of the molecule is C=C1[C]=CC=C(O)C1O. The lowest BCUT2D eigenvalue weighted by Gasteiger charge is -2.11. The maximum Gasteiger partial charge on any atom is 0.136 e. The Kier molecular flexibility index (Phi) is 1.40. The maximum absolute atomic E-state index is 8.95. The topological polar surface area (TPSA) is 40.5 Å². The zero-order chi connectivity index (χ0) is 6.85. The second-order valence-corrected chi connectivity index (χ2v) is 1.83. The normalized spacial score (nSPS) is 26.1. The molecular weight excluding hydrogens is 116 g/mol. The van der Waals surface area contributed by atoms with Crippen LogP contribution in [0.2, 0.25) is 0 Å². The van der Waals surface area contributed by atoms with Crippen molar-refractivity contribution < 1.29 is 10.2 Å². The summed E-state index contributed by atoms with van der Waals surface area (Å²) in [7, 11) is 0. The fourth-order valence-corrected chi connectivity index (χ4v) is 0.583. The number of hydrogen-bond acceptors (Lipinski definition) is 2. The van der Waals surface area contributed by atoms with Crippen LogP contribution in [0.5, 0.6) is 0 Å². The summed E-state index contributed by atoms with van der Waals surface area (Å²) in [6.45, 7) is 3.45. The second kappa shape index (κ2) is 2.07. The highest BCUT2D eigenvalue weighted by atomic mass is 16.3. The molecule has 1 aliphatic carbocycles. The zero-order valence-electron chi connectivity index (χ0n) is 4.83. The van der Waals surface area contributed by atoms with Gasteiger partial charge in [-0.3, -0.25) is 0 Å². The molecule has 0 aliphatic heterocycles. The Bertz CT molecular complexity index is 189. The fraction of sp³-hybridized carbons (Fsp3) is 0.143. The third kappa shape index (κ3) is 1.03. The summed E-state index contributed by atoms with van der Waals surface area (Å²) in [5.41, 5.74) is 0.398. The molecule has 1 aliphatic rings. The van der Waals surface area contributed by atoms with Gasteiger partial charge in [-0.25, -0.2) is 0 Å². The monoisotopic (exact) mass is 123 g/mol. The standard InChI is InChI=1S/C7H7O2/c1-5-3-2-4-6(8)7(5)9/h2,4,7-9H,1H2. The molecule has 0 saturated heterocycles. The molecule has 2 nitrogen and oxygen atoms in total. The summed E-state index contributed by atoms with van der Waals surface area (Å²) >= 11 is 0. The Morgan fingerprint density at radius 3 is 2.78 bits per heavy atom. The van der Waals surface area contributed by atoms with E-state index in [0.29, 0.717) is 5.57 Å². The Morgan fingerprint density at radius 2 is 2.33 bits per heavy atom. The lowest BCUT2D eigenvalue weighted by atomic mass is 10.1. The van der Waals surface area contributed by atoms with Gasteiger partial charge in [-0.15, -0.1) is 0 Å². The number of aliphatic hydroxyl groups is 2. The first-order chi connectivity index (χ1) is 4.22. The van der Waals surface area contributed by atoms with E-state index in [4.69, 9.17) is 10.2 Å². The van der Waals surface area contributed by atoms with Crippen LogP contribution >= 0.6 is 0 Å². The van der Waals surface area contributed by atoms with Crippen LogP contribution < -0.4 is 0 Å². The predicted octanol–water partition coefficient (Wildman–Crippen LogP) is 0.718. The van der Waals surface area contributed by atoms with Crippen LogP contribution in [0.15, 0.2) is 30.1 Å². The highest BCUT2D eigenvalue weighted by molar-refractivity contribution is 5.30. The molecule has 2 heteroatoms. The average molecular weight is 123 g/mol. The van der Waals surface area contributed by atoms with E-state index in [0.717, 1.165) is 0 Å². The summed E-state index contributed by atoms with van der Waals surface area (Å²) in [6, 6.07) is 0. The van der Waals surface area contributed by atoms with E-state index in [-0.39, 0.29) is 5.76 Å². The molecule has 1 unspecified atom stereocenters. The van der Waals surface area contributed by atoms with Gasteiger partial charge < -0.3 is 10.2 Å². The minimum Gasteiger partial charge on any atom is -0.509 e. The molecule has 0 aromatic carbocycles. The van der Waals surface area contributed by atoms with Crippen molar-refractivity contribution in [3.63, 3.8) is 0 Å². The van der Waals surface area contributed by atoms with Crippen LogP contribution in [0.25, 0.3) is 0 Å². The van der Waals surface area contributed by atoms with Crippen LogP contribution in [0.1, 0.15) is 0 Å². The van der Waals surface area contributed by atoms with Crippen molar-refractivity contribution in [1.82, 2.24) is 0 Å². The van der Waals surface area contributed by atoms with Crippen molar-refractivity contribution in [2.45, 2.75) is 6.10 Å². The summed E-state index contributed by atoms with van der Waals surface area (Å²) in [5, 5.41) is 17.8. The third-order valence-corrected chi connectivity index (χ3v) is 1.13. The molecule has 1 rings (SSSR count). The van der Waals surface area contributed by atoms with Gasteiger partial charge in [-0.05, 0) is 17.7 Å². The minimum absolute atomic E-state index is 0.0706. The van der Waals surface area contributed by atoms with E-state index in [9.17, 15) is 0 Å². The molecule has 0 heterocycles. The second-order valence-electron chi connectivity index (χ2n) is 1.83.